The van der Waals surface area contributed by atoms with Crippen LogP contribution < -0.4 is 19.9 Å². The first-order valence-corrected chi connectivity index (χ1v) is 5.96. The van der Waals surface area contributed by atoms with Crippen LogP contribution in [0, 0.1) is 0 Å². The minimum absolute atomic E-state index is 0.237. The van der Waals surface area contributed by atoms with Gasteiger partial charge in [0.05, 0.1) is 20.8 Å². The Morgan fingerprint density at radius 2 is 2.26 bits per heavy atom. The molecule has 19 heavy (non-hydrogen) atoms. The van der Waals surface area contributed by atoms with E-state index in [-0.39, 0.29) is 6.42 Å². The molecule has 6 nitrogen and oxygen atoms in total. The van der Waals surface area contributed by atoms with E-state index in [1.165, 1.54) is 7.11 Å². The van der Waals surface area contributed by atoms with Crippen molar-refractivity contribution in [3.05, 3.63) is 17.2 Å². The molecule has 1 aromatic rings. The van der Waals surface area contributed by atoms with Gasteiger partial charge < -0.3 is 25.1 Å². The van der Waals surface area contributed by atoms with E-state index in [1.807, 2.05) is 0 Å². The average Bonchev–Trinajstić information content (AvgIpc) is 2.87. The van der Waals surface area contributed by atoms with E-state index in [0.717, 1.165) is 17.5 Å². The fourth-order valence-electron chi connectivity index (χ4n) is 2.24. The van der Waals surface area contributed by atoms with Gasteiger partial charge in [-0.15, -0.1) is 0 Å². The fraction of sp³-hybridized carbons (Fsp3) is 0.462. The molecule has 2 rings (SSSR count). The van der Waals surface area contributed by atoms with Crippen LogP contribution >= 0.6 is 0 Å². The lowest BCUT2D eigenvalue weighted by Crippen LogP contribution is -2.32. The maximum atomic E-state index is 10.9. The van der Waals surface area contributed by atoms with Gasteiger partial charge in [-0.05, 0) is 18.1 Å². The number of nitrogens with two attached hydrogens (primary N) is 1. The zero-order valence-corrected chi connectivity index (χ0v) is 10.9. The van der Waals surface area contributed by atoms with Crippen LogP contribution in [0.2, 0.25) is 0 Å². The quantitative estimate of drug-likeness (QED) is 0.811. The van der Waals surface area contributed by atoms with E-state index in [0.29, 0.717) is 23.9 Å². The van der Waals surface area contributed by atoms with Crippen molar-refractivity contribution in [3.63, 3.8) is 0 Å². The zero-order chi connectivity index (χ0) is 14.0. The van der Waals surface area contributed by atoms with Crippen LogP contribution in [-0.4, -0.2) is 37.9 Å². The van der Waals surface area contributed by atoms with Gasteiger partial charge in [-0.2, -0.15) is 0 Å². The summed E-state index contributed by atoms with van der Waals surface area (Å²) in [5.74, 6) is 0.676. The highest BCUT2D eigenvalue weighted by Crippen LogP contribution is 2.45. The van der Waals surface area contributed by atoms with Gasteiger partial charge >= 0.3 is 5.97 Å². The molecule has 0 spiro atoms. The molecule has 6 heteroatoms. The van der Waals surface area contributed by atoms with Crippen molar-refractivity contribution in [1.29, 1.82) is 0 Å². The second-order valence-electron chi connectivity index (χ2n) is 4.33. The Morgan fingerprint density at radius 3 is 2.84 bits per heavy atom. The van der Waals surface area contributed by atoms with Gasteiger partial charge in [-0.25, -0.2) is 0 Å². The number of ether oxygens (including phenoxy) is 3. The van der Waals surface area contributed by atoms with Gasteiger partial charge in [0.25, 0.3) is 0 Å². The summed E-state index contributed by atoms with van der Waals surface area (Å²) in [5.41, 5.74) is 7.38. The summed E-state index contributed by atoms with van der Waals surface area (Å²) in [7, 11) is 3.07. The number of hydrogen-bond acceptors (Lipinski definition) is 5. The minimum Gasteiger partial charge on any atom is -0.493 e. The number of carboxylic acid groups (broad SMARTS) is 1. The first-order chi connectivity index (χ1) is 9.08. The minimum atomic E-state index is -1.03. The van der Waals surface area contributed by atoms with Crippen LogP contribution in [0.15, 0.2) is 6.07 Å². The van der Waals surface area contributed by atoms with E-state index in [4.69, 9.17) is 25.1 Å². The van der Waals surface area contributed by atoms with Gasteiger partial charge in [0.2, 0.25) is 5.75 Å². The number of fused-ring (bicyclic) bond motifs is 1. The van der Waals surface area contributed by atoms with Gasteiger partial charge in [0.1, 0.15) is 6.04 Å². The summed E-state index contributed by atoms with van der Waals surface area (Å²) in [4.78, 5) is 10.9. The van der Waals surface area contributed by atoms with E-state index in [9.17, 15) is 4.79 Å². The van der Waals surface area contributed by atoms with E-state index in [1.54, 1.807) is 13.2 Å². The highest BCUT2D eigenvalue weighted by atomic mass is 16.5. The Bertz CT molecular complexity index is 500. The summed E-state index contributed by atoms with van der Waals surface area (Å²) >= 11 is 0. The molecule has 0 aromatic heterocycles. The number of carbonyl (C=O) groups is 1. The molecule has 0 bridgehead atoms. The molecule has 0 saturated carbocycles. The molecule has 104 valence electrons. The summed E-state index contributed by atoms with van der Waals surface area (Å²) in [6.07, 6.45) is 0.957. The molecule has 0 amide bonds. The third-order valence-electron chi connectivity index (χ3n) is 3.18. The number of carboxylic acids is 1. The molecule has 1 atom stereocenters. The number of aliphatic carboxylic acids is 1. The first-order valence-electron chi connectivity index (χ1n) is 5.96. The Labute approximate surface area is 111 Å². The van der Waals surface area contributed by atoms with Crippen LogP contribution in [-0.2, 0) is 17.6 Å². The average molecular weight is 267 g/mol. The lowest BCUT2D eigenvalue weighted by atomic mass is 9.98. The van der Waals surface area contributed by atoms with Gasteiger partial charge in [0, 0.05) is 12.0 Å². The topological polar surface area (TPSA) is 91.0 Å². The van der Waals surface area contributed by atoms with Crippen molar-refractivity contribution in [1.82, 2.24) is 0 Å². The van der Waals surface area contributed by atoms with Crippen LogP contribution in [0.25, 0.3) is 0 Å². The number of hydrogen-bond donors (Lipinski definition) is 2. The Balaban J connectivity index is 2.44. The van der Waals surface area contributed by atoms with Crippen molar-refractivity contribution in [2.45, 2.75) is 18.9 Å². The van der Waals surface area contributed by atoms with Gasteiger partial charge in [-0.1, -0.05) is 0 Å². The number of rotatable bonds is 5. The molecule has 3 N–H and O–H groups in total. The first kappa shape index (κ1) is 13.5. The van der Waals surface area contributed by atoms with Crippen molar-refractivity contribution >= 4 is 5.97 Å². The third-order valence-corrected chi connectivity index (χ3v) is 3.18. The highest BCUT2D eigenvalue weighted by Gasteiger charge is 2.26. The Hall–Kier alpha value is -1.95. The van der Waals surface area contributed by atoms with Crippen LogP contribution in [0.1, 0.15) is 11.1 Å². The smallest absolute Gasteiger partial charge is 0.320 e. The normalized spacial score (nSPS) is 14.5. The second kappa shape index (κ2) is 5.36. The molecule has 1 heterocycles. The van der Waals surface area contributed by atoms with Crippen molar-refractivity contribution in [2.24, 2.45) is 5.73 Å². The molecule has 1 unspecified atom stereocenters. The molecular weight excluding hydrogens is 250 g/mol. The standard InChI is InChI=1S/C13H17NO5/c1-17-10-6-7(5-9(14)13(15)16)8-3-4-19-11(8)12(10)18-2/h6,9H,3-5,14H2,1-2H3,(H,15,16). The highest BCUT2D eigenvalue weighted by molar-refractivity contribution is 5.74. The van der Waals surface area contributed by atoms with E-state index < -0.39 is 12.0 Å². The zero-order valence-electron chi connectivity index (χ0n) is 10.9. The molecule has 0 aliphatic carbocycles. The SMILES string of the molecule is COc1cc(CC(N)C(=O)O)c2c(c1OC)OCC2. The molecule has 0 radical (unpaired) electrons. The van der Waals surface area contributed by atoms with Crippen LogP contribution in [0.3, 0.4) is 0 Å². The maximum Gasteiger partial charge on any atom is 0.320 e. The number of benzene rings is 1. The third kappa shape index (κ3) is 2.44. The maximum absolute atomic E-state index is 10.9. The molecule has 1 aliphatic heterocycles. The van der Waals surface area contributed by atoms with E-state index >= 15 is 0 Å². The van der Waals surface area contributed by atoms with Crippen molar-refractivity contribution in [2.75, 3.05) is 20.8 Å². The van der Waals surface area contributed by atoms with Crippen molar-refractivity contribution in [3.8, 4) is 17.2 Å². The molecule has 1 aromatic carbocycles. The number of methoxy groups -OCH3 is 2. The van der Waals surface area contributed by atoms with Gasteiger partial charge in [0.15, 0.2) is 11.5 Å². The van der Waals surface area contributed by atoms with E-state index in [2.05, 4.69) is 0 Å². The summed E-state index contributed by atoms with van der Waals surface area (Å²) in [5, 5.41) is 8.91. The Kier molecular flexibility index (Phi) is 3.80. The predicted octanol–water partition coefficient (Wildman–Crippen LogP) is 0.593. The summed E-state index contributed by atoms with van der Waals surface area (Å²) in [6, 6.07) is 0.831. The monoisotopic (exact) mass is 267 g/mol. The lowest BCUT2D eigenvalue weighted by Gasteiger charge is -2.16. The fourth-order valence-corrected chi connectivity index (χ4v) is 2.24. The molecule has 0 saturated heterocycles. The summed E-state index contributed by atoms with van der Waals surface area (Å²) in [6.45, 7) is 0.550. The molecule has 1 aliphatic rings. The predicted molar refractivity (Wildman–Crippen MR) is 68.1 cm³/mol. The Morgan fingerprint density at radius 1 is 1.53 bits per heavy atom. The van der Waals surface area contributed by atoms with Crippen molar-refractivity contribution < 1.29 is 24.1 Å². The molecule has 0 fully saturated rings. The second-order valence-corrected chi connectivity index (χ2v) is 4.33. The molecular formula is C13H17NO5. The largest absolute Gasteiger partial charge is 0.493 e. The van der Waals surface area contributed by atoms with Crippen LogP contribution in [0.5, 0.6) is 17.2 Å². The van der Waals surface area contributed by atoms with Gasteiger partial charge in [-0.3, -0.25) is 4.79 Å². The lowest BCUT2D eigenvalue weighted by molar-refractivity contribution is -0.138. The van der Waals surface area contributed by atoms with Crippen LogP contribution in [0.4, 0.5) is 0 Å². The summed E-state index contributed by atoms with van der Waals surface area (Å²) < 4.78 is 16.1.